The van der Waals surface area contributed by atoms with Crippen molar-refractivity contribution in [2.45, 2.75) is 46.0 Å². The second kappa shape index (κ2) is 8.46. The van der Waals surface area contributed by atoms with Gasteiger partial charge >= 0.3 is 0 Å². The van der Waals surface area contributed by atoms with E-state index in [0.717, 1.165) is 11.8 Å². The van der Waals surface area contributed by atoms with E-state index in [2.05, 4.69) is 30.9 Å². The molecule has 1 aliphatic rings. The summed E-state index contributed by atoms with van der Waals surface area (Å²) in [6.45, 7) is 7.09. The topological polar surface area (TPSA) is 12.0 Å². The van der Waals surface area contributed by atoms with E-state index in [0.29, 0.717) is 0 Å². The third-order valence-electron chi connectivity index (χ3n) is 3.17. The third kappa shape index (κ3) is 7.24. The molecule has 15 heavy (non-hydrogen) atoms. The largest absolute Gasteiger partial charge is 0.316 e. The fraction of sp³-hybridized carbons (Fsp3) is 1.00. The van der Waals surface area contributed by atoms with Crippen LogP contribution < -0.4 is 5.32 Å². The van der Waals surface area contributed by atoms with E-state index in [9.17, 15) is 0 Å². The minimum atomic E-state index is 0.865. The molecule has 2 heteroatoms. The van der Waals surface area contributed by atoms with Gasteiger partial charge in [0.05, 0.1) is 0 Å². The number of rotatable bonds is 8. The Kier molecular flexibility index (Phi) is 7.54. The van der Waals surface area contributed by atoms with Gasteiger partial charge in [-0.3, -0.25) is 0 Å². The molecule has 0 radical (unpaired) electrons. The van der Waals surface area contributed by atoms with Gasteiger partial charge in [0.2, 0.25) is 0 Å². The van der Waals surface area contributed by atoms with Crippen LogP contribution in [0.1, 0.15) is 46.0 Å². The van der Waals surface area contributed by atoms with Crippen LogP contribution in [0.25, 0.3) is 0 Å². The molecule has 0 heterocycles. The predicted octanol–water partition coefficient (Wildman–Crippen LogP) is 3.55. The molecule has 1 N–H and O–H groups in total. The van der Waals surface area contributed by atoms with Crippen molar-refractivity contribution < 1.29 is 0 Å². The van der Waals surface area contributed by atoms with E-state index in [4.69, 9.17) is 0 Å². The van der Waals surface area contributed by atoms with E-state index in [1.54, 1.807) is 0 Å². The summed E-state index contributed by atoms with van der Waals surface area (Å²) in [6.07, 6.45) is 7.24. The highest BCUT2D eigenvalue weighted by Crippen LogP contribution is 2.23. The molecule has 0 unspecified atom stereocenters. The van der Waals surface area contributed by atoms with Crippen molar-refractivity contribution in [2.24, 2.45) is 11.8 Å². The van der Waals surface area contributed by atoms with Crippen LogP contribution >= 0.6 is 11.8 Å². The van der Waals surface area contributed by atoms with Gasteiger partial charge in [0, 0.05) is 12.3 Å². The Morgan fingerprint density at radius 1 is 1.20 bits per heavy atom. The standard InChI is InChI=1S/C13H27NS/c1-12(2)7-9-15-10-8-14-11-13-5-3-4-6-13/h12-14H,3-11H2,1-2H3. The van der Waals surface area contributed by atoms with E-state index < -0.39 is 0 Å². The zero-order chi connectivity index (χ0) is 10.9. The zero-order valence-electron chi connectivity index (χ0n) is 10.4. The summed E-state index contributed by atoms with van der Waals surface area (Å²) in [5.74, 6) is 4.48. The lowest BCUT2D eigenvalue weighted by Gasteiger charge is -2.10. The van der Waals surface area contributed by atoms with Crippen molar-refractivity contribution in [1.29, 1.82) is 0 Å². The van der Waals surface area contributed by atoms with Crippen molar-refractivity contribution in [3.8, 4) is 0 Å². The summed E-state index contributed by atoms with van der Waals surface area (Å²) in [5.41, 5.74) is 0. The van der Waals surface area contributed by atoms with Crippen molar-refractivity contribution in [3.05, 3.63) is 0 Å². The van der Waals surface area contributed by atoms with E-state index >= 15 is 0 Å². The minimum absolute atomic E-state index is 0.865. The van der Waals surface area contributed by atoms with Crippen LogP contribution in [-0.4, -0.2) is 24.6 Å². The quantitative estimate of drug-likeness (QED) is 0.639. The average Bonchev–Trinajstić information content (AvgIpc) is 2.68. The molecule has 90 valence electrons. The van der Waals surface area contributed by atoms with Crippen molar-refractivity contribution >= 4 is 11.8 Å². The second-order valence-electron chi connectivity index (χ2n) is 5.15. The highest BCUT2D eigenvalue weighted by molar-refractivity contribution is 7.99. The molecule has 0 aromatic rings. The van der Waals surface area contributed by atoms with Crippen LogP contribution in [0.5, 0.6) is 0 Å². The molecule has 1 fully saturated rings. The zero-order valence-corrected chi connectivity index (χ0v) is 11.2. The van der Waals surface area contributed by atoms with Crippen LogP contribution in [0.3, 0.4) is 0 Å². The van der Waals surface area contributed by atoms with E-state index in [1.807, 2.05) is 0 Å². The summed E-state index contributed by atoms with van der Waals surface area (Å²) in [5, 5.41) is 3.59. The Balaban J connectivity index is 1.76. The molecule has 0 atom stereocenters. The van der Waals surface area contributed by atoms with Gasteiger partial charge in [-0.2, -0.15) is 11.8 Å². The summed E-state index contributed by atoms with van der Waals surface area (Å²) in [4.78, 5) is 0. The first-order valence-electron chi connectivity index (χ1n) is 6.57. The van der Waals surface area contributed by atoms with Gasteiger partial charge in [0.15, 0.2) is 0 Å². The van der Waals surface area contributed by atoms with Crippen LogP contribution in [0, 0.1) is 11.8 Å². The smallest absolute Gasteiger partial charge is 0.00581 e. The second-order valence-corrected chi connectivity index (χ2v) is 6.37. The van der Waals surface area contributed by atoms with Gasteiger partial charge < -0.3 is 5.32 Å². The summed E-state index contributed by atoms with van der Waals surface area (Å²) >= 11 is 2.10. The Labute approximate surface area is 99.8 Å². The lowest BCUT2D eigenvalue weighted by molar-refractivity contribution is 0.500. The maximum Gasteiger partial charge on any atom is 0.00581 e. The average molecular weight is 229 g/mol. The molecule has 0 amide bonds. The molecule has 0 aliphatic heterocycles. The molecular weight excluding hydrogens is 202 g/mol. The third-order valence-corrected chi connectivity index (χ3v) is 4.19. The highest BCUT2D eigenvalue weighted by atomic mass is 32.2. The molecule has 0 saturated heterocycles. The Bertz CT molecular complexity index is 141. The molecule has 0 aromatic heterocycles. The first kappa shape index (κ1) is 13.4. The Hall–Kier alpha value is 0.310. The maximum atomic E-state index is 3.59. The SMILES string of the molecule is CC(C)CCSCCNCC1CCCC1. The van der Waals surface area contributed by atoms with Crippen LogP contribution in [0.4, 0.5) is 0 Å². The van der Waals surface area contributed by atoms with E-state index in [-0.39, 0.29) is 0 Å². The number of hydrogen-bond donors (Lipinski definition) is 1. The molecule has 0 bridgehead atoms. The Morgan fingerprint density at radius 3 is 2.60 bits per heavy atom. The predicted molar refractivity (Wildman–Crippen MR) is 71.6 cm³/mol. The maximum absolute atomic E-state index is 3.59. The van der Waals surface area contributed by atoms with Gasteiger partial charge in [-0.15, -0.1) is 0 Å². The number of nitrogens with one attached hydrogen (secondary N) is 1. The van der Waals surface area contributed by atoms with Gasteiger partial charge in [0.25, 0.3) is 0 Å². The van der Waals surface area contributed by atoms with Crippen LogP contribution in [-0.2, 0) is 0 Å². The van der Waals surface area contributed by atoms with Gasteiger partial charge in [-0.25, -0.2) is 0 Å². The molecule has 0 spiro atoms. The fourth-order valence-corrected chi connectivity index (χ4v) is 3.22. The fourth-order valence-electron chi connectivity index (χ4n) is 2.09. The van der Waals surface area contributed by atoms with Gasteiger partial charge in [-0.1, -0.05) is 26.7 Å². The van der Waals surface area contributed by atoms with Crippen LogP contribution in [0.2, 0.25) is 0 Å². The monoisotopic (exact) mass is 229 g/mol. The van der Waals surface area contributed by atoms with Crippen molar-refractivity contribution in [3.63, 3.8) is 0 Å². The van der Waals surface area contributed by atoms with Gasteiger partial charge in [-0.05, 0) is 43.4 Å². The summed E-state index contributed by atoms with van der Waals surface area (Å²) in [7, 11) is 0. The number of hydrogen-bond acceptors (Lipinski definition) is 2. The van der Waals surface area contributed by atoms with Crippen LogP contribution in [0.15, 0.2) is 0 Å². The molecule has 1 aliphatic carbocycles. The van der Waals surface area contributed by atoms with Crippen molar-refractivity contribution in [2.75, 3.05) is 24.6 Å². The highest BCUT2D eigenvalue weighted by Gasteiger charge is 2.13. The molecule has 1 saturated carbocycles. The van der Waals surface area contributed by atoms with E-state index in [1.165, 1.54) is 56.7 Å². The normalized spacial score (nSPS) is 17.8. The lowest BCUT2D eigenvalue weighted by atomic mass is 10.1. The first-order valence-corrected chi connectivity index (χ1v) is 7.73. The first-order chi connectivity index (χ1) is 7.29. The van der Waals surface area contributed by atoms with Gasteiger partial charge in [0.1, 0.15) is 0 Å². The molecular formula is C13H27NS. The van der Waals surface area contributed by atoms with Crippen molar-refractivity contribution in [1.82, 2.24) is 5.32 Å². The minimum Gasteiger partial charge on any atom is -0.316 e. The molecule has 0 aromatic carbocycles. The molecule has 1 nitrogen and oxygen atoms in total. The summed E-state index contributed by atoms with van der Waals surface area (Å²) in [6, 6.07) is 0. The molecule has 1 rings (SSSR count). The number of thioether (sulfide) groups is 1. The summed E-state index contributed by atoms with van der Waals surface area (Å²) < 4.78 is 0. The lowest BCUT2D eigenvalue weighted by Crippen LogP contribution is -2.23. The Morgan fingerprint density at radius 2 is 1.93 bits per heavy atom.